The second-order valence-electron chi connectivity index (χ2n) is 3.79. The van der Waals surface area contributed by atoms with Gasteiger partial charge in [0.2, 0.25) is 11.6 Å². The van der Waals surface area contributed by atoms with Crippen LogP contribution in [0.15, 0.2) is 6.33 Å². The van der Waals surface area contributed by atoms with Crippen LogP contribution in [0.3, 0.4) is 0 Å². The fourth-order valence-electron chi connectivity index (χ4n) is 1.66. The predicted molar refractivity (Wildman–Crippen MR) is 59.1 cm³/mol. The van der Waals surface area contributed by atoms with Crippen LogP contribution >= 0.6 is 0 Å². The van der Waals surface area contributed by atoms with E-state index in [1.54, 1.807) is 0 Å². The minimum absolute atomic E-state index is 0.00998. The lowest BCUT2D eigenvalue weighted by Gasteiger charge is -2.32. The molecule has 1 fully saturated rings. The van der Waals surface area contributed by atoms with E-state index in [0.717, 1.165) is 0 Å². The number of nitrogens with zero attached hydrogens (tertiary/aromatic N) is 3. The highest BCUT2D eigenvalue weighted by molar-refractivity contribution is 5.69. The summed E-state index contributed by atoms with van der Waals surface area (Å²) in [5.41, 5.74) is 1.86. The van der Waals surface area contributed by atoms with Crippen LogP contribution in [0.25, 0.3) is 0 Å². The standard InChI is InChI=1S/C8H12N6O3/c9-13-8-6(14(16)17)7(10-3-11-8)12-4-1-5(15)2-4/h3-5,15H,1-2,9H2,(H2,10,11,12,13). The maximum atomic E-state index is 10.9. The molecule has 0 radical (unpaired) electrons. The van der Waals surface area contributed by atoms with Gasteiger partial charge in [-0.3, -0.25) is 10.1 Å². The molecule has 1 heterocycles. The van der Waals surface area contributed by atoms with Gasteiger partial charge in [0.15, 0.2) is 0 Å². The summed E-state index contributed by atoms with van der Waals surface area (Å²) in [5, 5.41) is 22.9. The van der Waals surface area contributed by atoms with Crippen molar-refractivity contribution in [2.24, 2.45) is 5.84 Å². The first-order valence-corrected chi connectivity index (χ1v) is 5.02. The van der Waals surface area contributed by atoms with E-state index < -0.39 is 4.92 Å². The number of nitrogen functional groups attached to an aromatic ring is 1. The molecule has 1 aromatic rings. The Morgan fingerprint density at radius 1 is 1.47 bits per heavy atom. The SMILES string of the molecule is NNc1ncnc(NC2CC(O)C2)c1[N+](=O)[O-]. The highest BCUT2D eigenvalue weighted by Crippen LogP contribution is 2.31. The summed E-state index contributed by atoms with van der Waals surface area (Å²) in [7, 11) is 0. The summed E-state index contributed by atoms with van der Waals surface area (Å²) >= 11 is 0. The molecule has 0 aliphatic heterocycles. The van der Waals surface area contributed by atoms with Gasteiger partial charge in [0.05, 0.1) is 11.0 Å². The van der Waals surface area contributed by atoms with Crippen molar-refractivity contribution in [1.29, 1.82) is 0 Å². The Hall–Kier alpha value is -2.00. The zero-order chi connectivity index (χ0) is 12.4. The summed E-state index contributed by atoms with van der Waals surface area (Å²) in [6.45, 7) is 0. The van der Waals surface area contributed by atoms with Crippen LogP contribution in [0.2, 0.25) is 0 Å². The number of hydrogen-bond acceptors (Lipinski definition) is 8. The highest BCUT2D eigenvalue weighted by atomic mass is 16.6. The highest BCUT2D eigenvalue weighted by Gasteiger charge is 2.31. The van der Waals surface area contributed by atoms with Gasteiger partial charge in [-0.05, 0) is 12.8 Å². The van der Waals surface area contributed by atoms with Crippen LogP contribution in [-0.2, 0) is 0 Å². The van der Waals surface area contributed by atoms with Gasteiger partial charge < -0.3 is 15.8 Å². The van der Waals surface area contributed by atoms with E-state index in [9.17, 15) is 10.1 Å². The maximum Gasteiger partial charge on any atom is 0.354 e. The Bertz CT molecular complexity index is 433. The Labute approximate surface area is 96.2 Å². The van der Waals surface area contributed by atoms with Crippen LogP contribution in [0.1, 0.15) is 12.8 Å². The molecule has 0 amide bonds. The number of aliphatic hydroxyl groups is 1. The number of aliphatic hydroxyl groups excluding tert-OH is 1. The molecule has 2 rings (SSSR count). The Kier molecular flexibility index (Phi) is 3.02. The molecule has 1 aliphatic carbocycles. The topological polar surface area (TPSA) is 139 Å². The second-order valence-corrected chi connectivity index (χ2v) is 3.79. The largest absolute Gasteiger partial charge is 0.393 e. The minimum Gasteiger partial charge on any atom is -0.393 e. The molecule has 1 aromatic heterocycles. The third-order valence-electron chi connectivity index (χ3n) is 2.60. The molecule has 0 spiro atoms. The van der Waals surface area contributed by atoms with Crippen LogP contribution in [0.5, 0.6) is 0 Å². The number of rotatable bonds is 4. The van der Waals surface area contributed by atoms with Gasteiger partial charge in [0.25, 0.3) is 0 Å². The van der Waals surface area contributed by atoms with Gasteiger partial charge in [-0.2, -0.15) is 0 Å². The molecule has 0 aromatic carbocycles. The molecule has 1 aliphatic rings. The number of hydrazine groups is 1. The molecule has 9 nitrogen and oxygen atoms in total. The van der Waals surface area contributed by atoms with Crippen LogP contribution in [-0.4, -0.2) is 32.1 Å². The van der Waals surface area contributed by atoms with Crippen molar-refractivity contribution in [2.75, 3.05) is 10.7 Å². The van der Waals surface area contributed by atoms with Crippen molar-refractivity contribution < 1.29 is 10.0 Å². The smallest absolute Gasteiger partial charge is 0.354 e. The fourth-order valence-corrected chi connectivity index (χ4v) is 1.66. The van der Waals surface area contributed by atoms with E-state index in [-0.39, 0.29) is 29.5 Å². The van der Waals surface area contributed by atoms with Gasteiger partial charge >= 0.3 is 5.69 Å². The maximum absolute atomic E-state index is 10.9. The number of aromatic nitrogens is 2. The van der Waals surface area contributed by atoms with E-state index in [0.29, 0.717) is 12.8 Å². The first-order chi connectivity index (χ1) is 8.11. The molecule has 5 N–H and O–H groups in total. The molecule has 0 unspecified atom stereocenters. The fraction of sp³-hybridized carbons (Fsp3) is 0.500. The summed E-state index contributed by atoms with van der Waals surface area (Å²) in [6, 6.07) is -0.00998. The average Bonchev–Trinajstić information content (AvgIpc) is 2.26. The molecule has 92 valence electrons. The van der Waals surface area contributed by atoms with Gasteiger partial charge in [0.1, 0.15) is 6.33 Å². The van der Waals surface area contributed by atoms with Crippen molar-refractivity contribution in [3.63, 3.8) is 0 Å². The third-order valence-corrected chi connectivity index (χ3v) is 2.60. The molecule has 17 heavy (non-hydrogen) atoms. The van der Waals surface area contributed by atoms with Crippen LogP contribution in [0.4, 0.5) is 17.3 Å². The number of anilines is 2. The first-order valence-electron chi connectivity index (χ1n) is 5.02. The third kappa shape index (κ3) is 2.24. The number of nitrogens with one attached hydrogen (secondary N) is 2. The van der Waals surface area contributed by atoms with E-state index in [1.807, 2.05) is 0 Å². The average molecular weight is 240 g/mol. The van der Waals surface area contributed by atoms with Gasteiger partial charge in [-0.15, -0.1) is 0 Å². The lowest BCUT2D eigenvalue weighted by molar-refractivity contribution is -0.383. The quantitative estimate of drug-likeness (QED) is 0.317. The lowest BCUT2D eigenvalue weighted by atomic mass is 9.89. The Morgan fingerprint density at radius 2 is 2.12 bits per heavy atom. The molecular weight excluding hydrogens is 228 g/mol. The van der Waals surface area contributed by atoms with Crippen molar-refractivity contribution in [2.45, 2.75) is 25.0 Å². The Balaban J connectivity index is 2.23. The van der Waals surface area contributed by atoms with Gasteiger partial charge in [0, 0.05) is 6.04 Å². The predicted octanol–water partition coefficient (Wildman–Crippen LogP) is -0.394. The summed E-state index contributed by atoms with van der Waals surface area (Å²) in [5.74, 6) is 5.20. The molecule has 0 saturated heterocycles. The number of nitrogens with two attached hydrogens (primary N) is 1. The molecule has 9 heteroatoms. The van der Waals surface area contributed by atoms with Crippen LogP contribution < -0.4 is 16.6 Å². The van der Waals surface area contributed by atoms with E-state index in [4.69, 9.17) is 10.9 Å². The summed E-state index contributed by atoms with van der Waals surface area (Å²) in [4.78, 5) is 17.8. The number of hydrogen-bond donors (Lipinski definition) is 4. The van der Waals surface area contributed by atoms with E-state index >= 15 is 0 Å². The summed E-state index contributed by atoms with van der Waals surface area (Å²) < 4.78 is 0. The second kappa shape index (κ2) is 4.47. The first kappa shape index (κ1) is 11.5. The van der Waals surface area contributed by atoms with Gasteiger partial charge in [-0.25, -0.2) is 15.8 Å². The molecule has 0 atom stereocenters. The Morgan fingerprint density at radius 3 is 2.65 bits per heavy atom. The van der Waals surface area contributed by atoms with Crippen molar-refractivity contribution in [3.05, 3.63) is 16.4 Å². The zero-order valence-corrected chi connectivity index (χ0v) is 8.83. The zero-order valence-electron chi connectivity index (χ0n) is 8.83. The van der Waals surface area contributed by atoms with E-state index in [1.165, 1.54) is 6.33 Å². The van der Waals surface area contributed by atoms with Gasteiger partial charge in [-0.1, -0.05) is 0 Å². The minimum atomic E-state index is -0.605. The molecule has 0 bridgehead atoms. The molecule has 1 saturated carbocycles. The lowest BCUT2D eigenvalue weighted by Crippen LogP contribution is -2.39. The van der Waals surface area contributed by atoms with Crippen molar-refractivity contribution in [1.82, 2.24) is 9.97 Å². The normalized spacial score (nSPS) is 22.7. The monoisotopic (exact) mass is 240 g/mol. The van der Waals surface area contributed by atoms with Crippen molar-refractivity contribution >= 4 is 17.3 Å². The molecular formula is C8H12N6O3. The van der Waals surface area contributed by atoms with E-state index in [2.05, 4.69) is 20.7 Å². The van der Waals surface area contributed by atoms with Crippen LogP contribution in [0, 0.1) is 10.1 Å². The van der Waals surface area contributed by atoms with Crippen molar-refractivity contribution in [3.8, 4) is 0 Å². The number of nitro groups is 1. The summed E-state index contributed by atoms with van der Waals surface area (Å²) in [6.07, 6.45) is 1.93.